The summed E-state index contributed by atoms with van der Waals surface area (Å²) >= 11 is 0. The maximum absolute atomic E-state index is 13.7. The van der Waals surface area contributed by atoms with Gasteiger partial charge in [-0.2, -0.15) is 0 Å². The molecule has 2 aromatic carbocycles. The van der Waals surface area contributed by atoms with Gasteiger partial charge in [0.05, 0.1) is 52.6 Å². The van der Waals surface area contributed by atoms with Crippen LogP contribution in [0.3, 0.4) is 0 Å². The highest BCUT2D eigenvalue weighted by molar-refractivity contribution is 7.92. The minimum absolute atomic E-state index is 0.0651. The third kappa shape index (κ3) is 6.06. The first-order valence-corrected chi connectivity index (χ1v) is 15.4. The first-order chi connectivity index (χ1) is 18.9. The zero-order valence-corrected chi connectivity index (χ0v) is 24.1. The predicted octanol–water partition coefficient (Wildman–Crippen LogP) is 3.73. The van der Waals surface area contributed by atoms with Crippen LogP contribution in [0.1, 0.15) is 49.9 Å². The van der Waals surface area contributed by atoms with E-state index >= 15 is 0 Å². The number of amides is 1. The molecule has 0 unspecified atom stereocenters. The standard InChI is InChI=1S/C29H39N5O5S/c1-28(2,19-36)31-24-17-22(16-20-6-11-33(3)26(20)24)30-27(37)23-5-4-21(32-40(38,39)15-14-35)18-25(23)34-12-9-29(7-8-29)10-13-34/h4-6,11,16-18,31-32,35-36H,7-10,12-15,19H2,1-3H3,(H,30,37). The number of benzene rings is 2. The number of piperidine rings is 1. The largest absolute Gasteiger partial charge is 0.395 e. The van der Waals surface area contributed by atoms with Gasteiger partial charge in [0, 0.05) is 37.4 Å². The summed E-state index contributed by atoms with van der Waals surface area (Å²) in [7, 11) is -1.76. The van der Waals surface area contributed by atoms with Crippen LogP contribution in [0.4, 0.5) is 22.7 Å². The molecule has 2 fully saturated rings. The number of aromatic nitrogens is 1. The Kier molecular flexibility index (Phi) is 7.49. The zero-order valence-electron chi connectivity index (χ0n) is 23.3. The smallest absolute Gasteiger partial charge is 0.257 e. The van der Waals surface area contributed by atoms with Crippen LogP contribution in [0.5, 0.6) is 0 Å². The molecule has 1 amide bonds. The summed E-state index contributed by atoms with van der Waals surface area (Å²) in [6, 6.07) is 10.7. The summed E-state index contributed by atoms with van der Waals surface area (Å²) in [6.07, 6.45) is 6.55. The summed E-state index contributed by atoms with van der Waals surface area (Å²) in [5.74, 6) is -0.698. The maximum atomic E-state index is 13.7. The Morgan fingerprint density at radius 3 is 2.40 bits per heavy atom. The Labute approximate surface area is 235 Å². The van der Waals surface area contributed by atoms with E-state index < -0.39 is 27.9 Å². The molecule has 2 aliphatic rings. The SMILES string of the molecule is Cn1ccc2cc(NC(=O)c3ccc(NS(=O)(=O)CCO)cc3N3CCC4(CC3)CC4)cc(NC(C)(C)CO)c21. The molecular formula is C29H39N5O5S. The Balaban J connectivity index is 1.46. The van der Waals surface area contributed by atoms with Gasteiger partial charge < -0.3 is 30.3 Å². The number of nitrogens with one attached hydrogen (secondary N) is 3. The number of hydrogen-bond donors (Lipinski definition) is 5. The molecule has 1 aliphatic heterocycles. The summed E-state index contributed by atoms with van der Waals surface area (Å²) in [5.41, 5.74) is 3.72. The Morgan fingerprint density at radius 2 is 1.75 bits per heavy atom. The third-order valence-corrected chi connectivity index (χ3v) is 9.36. The maximum Gasteiger partial charge on any atom is 0.257 e. The molecule has 2 heterocycles. The number of carbonyl (C=O) groups excluding carboxylic acids is 1. The van der Waals surface area contributed by atoms with E-state index in [4.69, 9.17) is 5.11 Å². The van der Waals surface area contributed by atoms with Crippen molar-refractivity contribution in [3.05, 3.63) is 48.2 Å². The summed E-state index contributed by atoms with van der Waals surface area (Å²) in [6.45, 7) is 4.86. The van der Waals surface area contributed by atoms with Crippen LogP contribution in [0.15, 0.2) is 42.6 Å². The van der Waals surface area contributed by atoms with Crippen molar-refractivity contribution in [3.63, 3.8) is 0 Å². The molecule has 1 aliphatic carbocycles. The van der Waals surface area contributed by atoms with Crippen molar-refractivity contribution in [2.45, 2.75) is 45.1 Å². The number of hydrogen-bond acceptors (Lipinski definition) is 7. The Bertz CT molecular complexity index is 1520. The lowest BCUT2D eigenvalue weighted by Crippen LogP contribution is -2.36. The van der Waals surface area contributed by atoms with E-state index in [9.17, 15) is 18.3 Å². The predicted molar refractivity (Wildman–Crippen MR) is 160 cm³/mol. The van der Waals surface area contributed by atoms with Gasteiger partial charge in [-0.3, -0.25) is 9.52 Å². The number of aliphatic hydroxyl groups is 2. The van der Waals surface area contributed by atoms with Crippen molar-refractivity contribution in [2.75, 3.05) is 52.3 Å². The van der Waals surface area contributed by atoms with Crippen LogP contribution >= 0.6 is 0 Å². The fraction of sp³-hybridized carbons (Fsp3) is 0.483. The summed E-state index contributed by atoms with van der Waals surface area (Å²) < 4.78 is 29.1. The first kappa shape index (κ1) is 28.3. The van der Waals surface area contributed by atoms with Gasteiger partial charge in [0.2, 0.25) is 10.0 Å². The van der Waals surface area contributed by atoms with E-state index in [-0.39, 0.29) is 12.5 Å². The van der Waals surface area contributed by atoms with Crippen LogP contribution in [0.25, 0.3) is 10.9 Å². The van der Waals surface area contributed by atoms with Crippen molar-refractivity contribution < 1.29 is 23.4 Å². The molecule has 0 atom stereocenters. The number of anilines is 4. The fourth-order valence-electron chi connectivity index (χ4n) is 5.51. The van der Waals surface area contributed by atoms with Gasteiger partial charge >= 0.3 is 0 Å². The summed E-state index contributed by atoms with van der Waals surface area (Å²) in [5, 5.41) is 26.3. The van der Waals surface area contributed by atoms with E-state index in [0.717, 1.165) is 42.5 Å². The van der Waals surface area contributed by atoms with Gasteiger partial charge in [-0.05, 0) is 81.3 Å². The van der Waals surface area contributed by atoms with E-state index in [1.807, 2.05) is 49.9 Å². The van der Waals surface area contributed by atoms with Gasteiger partial charge in [-0.15, -0.1) is 0 Å². The van der Waals surface area contributed by atoms with Gasteiger partial charge in [-0.1, -0.05) is 0 Å². The van der Waals surface area contributed by atoms with Crippen LogP contribution in [0, 0.1) is 5.41 Å². The fourth-order valence-corrected chi connectivity index (χ4v) is 6.34. The minimum atomic E-state index is -3.71. The Morgan fingerprint density at radius 1 is 1.02 bits per heavy atom. The van der Waals surface area contributed by atoms with Crippen molar-refractivity contribution in [1.29, 1.82) is 0 Å². The molecule has 1 saturated carbocycles. The highest BCUT2D eigenvalue weighted by Gasteiger charge is 2.44. The average Bonchev–Trinajstić information content (AvgIpc) is 3.54. The summed E-state index contributed by atoms with van der Waals surface area (Å²) in [4.78, 5) is 15.9. The lowest BCUT2D eigenvalue weighted by molar-refractivity contribution is 0.102. The van der Waals surface area contributed by atoms with Gasteiger partial charge in [0.15, 0.2) is 0 Å². The van der Waals surface area contributed by atoms with Crippen molar-refractivity contribution in [1.82, 2.24) is 4.57 Å². The van der Waals surface area contributed by atoms with E-state index in [2.05, 4.69) is 20.3 Å². The molecule has 40 heavy (non-hydrogen) atoms. The van der Waals surface area contributed by atoms with Crippen molar-refractivity contribution in [3.8, 4) is 0 Å². The second kappa shape index (κ2) is 10.6. The zero-order chi connectivity index (χ0) is 28.7. The quantitative estimate of drug-likeness (QED) is 0.251. The normalized spacial score (nSPS) is 16.8. The highest BCUT2D eigenvalue weighted by atomic mass is 32.2. The lowest BCUT2D eigenvalue weighted by Gasteiger charge is -2.35. The lowest BCUT2D eigenvalue weighted by atomic mass is 9.93. The molecule has 1 saturated heterocycles. The number of rotatable bonds is 10. The number of aryl methyl sites for hydroxylation is 1. The minimum Gasteiger partial charge on any atom is -0.395 e. The van der Waals surface area contributed by atoms with E-state index in [1.165, 1.54) is 12.8 Å². The first-order valence-electron chi connectivity index (χ1n) is 13.7. The number of nitrogens with zero attached hydrogens (tertiary/aromatic N) is 2. The van der Waals surface area contributed by atoms with Gasteiger partial charge in [0.1, 0.15) is 0 Å². The topological polar surface area (TPSA) is 136 Å². The Hall–Kier alpha value is -3.28. The molecule has 3 aromatic rings. The second-order valence-electron chi connectivity index (χ2n) is 11.9. The van der Waals surface area contributed by atoms with Gasteiger partial charge in [0.25, 0.3) is 5.91 Å². The van der Waals surface area contributed by atoms with Crippen molar-refractivity contribution >= 4 is 49.6 Å². The second-order valence-corrected chi connectivity index (χ2v) is 13.7. The molecule has 10 nitrogen and oxygen atoms in total. The van der Waals surface area contributed by atoms with Crippen LogP contribution < -0.4 is 20.3 Å². The average molecular weight is 570 g/mol. The molecule has 0 radical (unpaired) electrons. The van der Waals surface area contributed by atoms with Crippen LogP contribution in [-0.2, 0) is 17.1 Å². The number of carbonyl (C=O) groups is 1. The van der Waals surface area contributed by atoms with Gasteiger partial charge in [-0.25, -0.2) is 8.42 Å². The molecule has 0 bridgehead atoms. The molecule has 5 rings (SSSR count). The molecule has 1 spiro atoms. The van der Waals surface area contributed by atoms with E-state index in [1.54, 1.807) is 18.2 Å². The highest BCUT2D eigenvalue weighted by Crippen LogP contribution is 2.54. The number of fused-ring (bicyclic) bond motifs is 1. The van der Waals surface area contributed by atoms with Crippen LogP contribution in [0.2, 0.25) is 0 Å². The molecule has 216 valence electrons. The number of aliphatic hydroxyl groups excluding tert-OH is 2. The van der Waals surface area contributed by atoms with Crippen molar-refractivity contribution in [2.24, 2.45) is 12.5 Å². The van der Waals surface area contributed by atoms with E-state index in [0.29, 0.717) is 28.0 Å². The third-order valence-electron chi connectivity index (χ3n) is 8.09. The van der Waals surface area contributed by atoms with Crippen LogP contribution in [-0.4, -0.2) is 66.7 Å². The molecular weight excluding hydrogens is 530 g/mol. The molecule has 11 heteroatoms. The number of sulfonamides is 1. The molecule has 5 N–H and O–H groups in total. The monoisotopic (exact) mass is 569 g/mol. The molecule has 1 aromatic heterocycles.